The minimum atomic E-state index is 1.07. The van der Waals surface area contributed by atoms with Gasteiger partial charge in [-0.2, -0.15) is 0 Å². The Balaban J connectivity index is 1.50. The molecule has 0 N–H and O–H groups in total. The highest BCUT2D eigenvalue weighted by Gasteiger charge is 2.20. The molecule has 5 heterocycles. The predicted octanol–water partition coefficient (Wildman–Crippen LogP) is 9.05. The summed E-state index contributed by atoms with van der Waals surface area (Å²) >= 11 is 19.3. The van der Waals surface area contributed by atoms with Crippen LogP contribution in [0.1, 0.15) is 30.6 Å². The van der Waals surface area contributed by atoms with E-state index < -0.39 is 0 Å². The van der Waals surface area contributed by atoms with Gasteiger partial charge in [-0.3, -0.25) is 0 Å². The molecule has 0 nitrogen and oxygen atoms in total. The lowest BCUT2D eigenvalue weighted by molar-refractivity contribution is 0.979. The fourth-order valence-corrected chi connectivity index (χ4v) is 11.3. The van der Waals surface area contributed by atoms with Crippen molar-refractivity contribution in [2.75, 3.05) is 0 Å². The number of thiol groups is 2. The van der Waals surface area contributed by atoms with E-state index in [1.165, 1.54) is 68.6 Å². The van der Waals surface area contributed by atoms with Crippen molar-refractivity contribution < 1.29 is 0 Å². The summed E-state index contributed by atoms with van der Waals surface area (Å²) in [4.78, 5) is 8.10. The molecule has 7 heteroatoms. The van der Waals surface area contributed by atoms with Crippen LogP contribution in [0, 0.1) is 27.7 Å². The quantitative estimate of drug-likeness (QED) is 0.235. The summed E-state index contributed by atoms with van der Waals surface area (Å²) < 4.78 is 8.58. The number of hydrogen-bond donors (Lipinski definition) is 2. The summed E-state index contributed by atoms with van der Waals surface area (Å²) in [5.41, 5.74) is 2.90. The smallest absolute Gasteiger partial charge is 0.0644 e. The van der Waals surface area contributed by atoms with Gasteiger partial charge in [0.2, 0.25) is 0 Å². The average Bonchev–Trinajstić information content (AvgIpc) is 3.37. The van der Waals surface area contributed by atoms with Gasteiger partial charge in [0, 0.05) is 34.0 Å². The van der Waals surface area contributed by atoms with Crippen LogP contribution in [0.3, 0.4) is 0 Å². The molecule has 0 aliphatic rings. The Kier molecular flexibility index (Phi) is 4.75. The largest absolute Gasteiger partial charge is 0.141 e. The van der Waals surface area contributed by atoms with Crippen molar-refractivity contribution in [3.05, 3.63) is 30.6 Å². The highest BCUT2D eigenvalue weighted by atomic mass is 32.1. The van der Waals surface area contributed by atoms with Crippen LogP contribution in [0.15, 0.2) is 9.79 Å². The Morgan fingerprint density at radius 1 is 0.519 bits per heavy atom. The van der Waals surface area contributed by atoms with E-state index in [1.54, 1.807) is 0 Å². The molecule has 0 aliphatic carbocycles. The Labute approximate surface area is 189 Å². The zero-order chi connectivity index (χ0) is 19.0. The molecule has 0 fully saturated rings. The maximum atomic E-state index is 4.92. The molecule has 0 unspecified atom stereocenters. The molecule has 0 aromatic carbocycles. The van der Waals surface area contributed by atoms with Crippen LogP contribution in [-0.2, 0) is 12.8 Å². The van der Waals surface area contributed by atoms with E-state index >= 15 is 0 Å². The van der Waals surface area contributed by atoms with Crippen LogP contribution >= 0.6 is 81.9 Å². The summed E-state index contributed by atoms with van der Waals surface area (Å²) in [7, 11) is 0. The third-order valence-corrected chi connectivity index (χ3v) is 13.8. The molecule has 0 saturated carbocycles. The fraction of sp³-hybridized carbons (Fsp3) is 0.300. The first-order chi connectivity index (χ1) is 12.9. The predicted molar refractivity (Wildman–Crippen MR) is 136 cm³/mol. The molecule has 5 aromatic heterocycles. The van der Waals surface area contributed by atoms with Crippen molar-refractivity contribution in [3.63, 3.8) is 0 Å². The number of thiophene rings is 5. The minimum Gasteiger partial charge on any atom is -0.141 e. The summed E-state index contributed by atoms with van der Waals surface area (Å²) in [5.74, 6) is 0. The highest BCUT2D eigenvalue weighted by Crippen LogP contribution is 2.49. The molecule has 0 spiro atoms. The first-order valence-corrected chi connectivity index (χ1v) is 13.7. The topological polar surface area (TPSA) is 0 Å². The molecule has 0 atom stereocenters. The molecule has 0 aliphatic heterocycles. The molecule has 0 radical (unpaired) electrons. The average molecular weight is 483 g/mol. The van der Waals surface area contributed by atoms with Gasteiger partial charge in [-0.05, 0) is 51.7 Å². The zero-order valence-electron chi connectivity index (χ0n) is 15.3. The van der Waals surface area contributed by atoms with E-state index in [0.717, 1.165) is 12.8 Å². The molecule has 0 amide bonds. The molecule has 5 aromatic rings. The van der Waals surface area contributed by atoms with Crippen molar-refractivity contribution in [2.24, 2.45) is 0 Å². The number of rotatable bonds is 3. The zero-order valence-corrected chi connectivity index (χ0v) is 21.2. The summed E-state index contributed by atoms with van der Waals surface area (Å²) in [6.07, 6.45) is 2.17. The van der Waals surface area contributed by atoms with Crippen LogP contribution in [0.5, 0.6) is 0 Å². The maximum absolute atomic E-state index is 4.92. The second kappa shape index (κ2) is 6.76. The van der Waals surface area contributed by atoms with Crippen LogP contribution in [0.25, 0.3) is 28.2 Å². The van der Waals surface area contributed by atoms with Crippen molar-refractivity contribution in [2.45, 2.75) is 50.3 Å². The van der Waals surface area contributed by atoms with E-state index in [0.29, 0.717) is 0 Å². The normalized spacial score (nSPS) is 12.4. The lowest BCUT2D eigenvalue weighted by atomic mass is 10.2. The molecule has 0 bridgehead atoms. The van der Waals surface area contributed by atoms with Crippen molar-refractivity contribution in [1.82, 2.24) is 0 Å². The molecule has 140 valence electrons. The molecular formula is C20H18S7. The van der Waals surface area contributed by atoms with Gasteiger partial charge in [0.05, 0.1) is 23.5 Å². The number of hydrogen-bond acceptors (Lipinski definition) is 7. The molecule has 0 saturated heterocycles. The van der Waals surface area contributed by atoms with E-state index in [1.807, 2.05) is 56.7 Å². The summed E-state index contributed by atoms with van der Waals surface area (Å²) in [6, 6.07) is 0. The monoisotopic (exact) mass is 482 g/mol. The Morgan fingerprint density at radius 2 is 1.07 bits per heavy atom. The van der Waals surface area contributed by atoms with Crippen LogP contribution in [-0.4, -0.2) is 0 Å². The Bertz CT molecular complexity index is 1330. The van der Waals surface area contributed by atoms with Gasteiger partial charge in [-0.1, -0.05) is 0 Å². The van der Waals surface area contributed by atoms with Crippen LogP contribution in [0.2, 0.25) is 0 Å². The first kappa shape index (κ1) is 19.0. The molecular weight excluding hydrogens is 465 g/mol. The highest BCUT2D eigenvalue weighted by molar-refractivity contribution is 7.81. The molecule has 27 heavy (non-hydrogen) atoms. The van der Waals surface area contributed by atoms with Gasteiger partial charge in [0.25, 0.3) is 0 Å². The van der Waals surface area contributed by atoms with Crippen LogP contribution in [0.4, 0.5) is 0 Å². The fourth-order valence-electron chi connectivity index (χ4n) is 3.49. The standard InChI is InChI=1S/C20H18S7/c1-7-9(3)23-19-15(7)27-18-14(22)12(26-20(18)19)6-5-11-8(2)16-17(25-11)13(21)10(4)24-16/h21-22H,5-6H2,1-4H3. The second-order valence-corrected chi connectivity index (χ2v) is 13.5. The van der Waals surface area contributed by atoms with Crippen molar-refractivity contribution in [3.8, 4) is 0 Å². The Morgan fingerprint density at radius 3 is 1.81 bits per heavy atom. The van der Waals surface area contributed by atoms with Crippen LogP contribution < -0.4 is 0 Å². The van der Waals surface area contributed by atoms with E-state index in [9.17, 15) is 0 Å². The van der Waals surface area contributed by atoms with Gasteiger partial charge in [-0.15, -0.1) is 81.9 Å². The van der Waals surface area contributed by atoms with Gasteiger partial charge >= 0.3 is 0 Å². The summed E-state index contributed by atoms with van der Waals surface area (Å²) in [5, 5.41) is 0. The van der Waals surface area contributed by atoms with Gasteiger partial charge < -0.3 is 0 Å². The van der Waals surface area contributed by atoms with Gasteiger partial charge in [0.1, 0.15) is 0 Å². The first-order valence-electron chi connectivity index (χ1n) is 8.70. The third kappa shape index (κ3) is 2.80. The SMILES string of the molecule is Cc1sc2c(C)c(CCc3sc4c(sc5c(C)c(C)sc54)c3S)sc2c1S. The number of fused-ring (bicyclic) bond motifs is 4. The van der Waals surface area contributed by atoms with Crippen molar-refractivity contribution in [1.29, 1.82) is 0 Å². The van der Waals surface area contributed by atoms with Gasteiger partial charge in [0.15, 0.2) is 0 Å². The van der Waals surface area contributed by atoms with E-state index in [-0.39, 0.29) is 0 Å². The Hall–Kier alpha value is -0.0200. The second-order valence-electron chi connectivity index (χ2n) is 6.89. The third-order valence-electron chi connectivity index (χ3n) is 5.22. The molecule has 5 rings (SSSR count). The van der Waals surface area contributed by atoms with Crippen molar-refractivity contribution >= 4 is 110 Å². The lowest BCUT2D eigenvalue weighted by Gasteiger charge is -2.00. The van der Waals surface area contributed by atoms with Gasteiger partial charge in [-0.25, -0.2) is 0 Å². The minimum absolute atomic E-state index is 1.07. The number of aryl methyl sites for hydroxylation is 6. The van der Waals surface area contributed by atoms with E-state index in [4.69, 9.17) is 25.3 Å². The summed E-state index contributed by atoms with van der Waals surface area (Å²) in [6.45, 7) is 8.92. The lowest BCUT2D eigenvalue weighted by Crippen LogP contribution is -1.88. The van der Waals surface area contributed by atoms with E-state index in [2.05, 4.69) is 27.7 Å². The maximum Gasteiger partial charge on any atom is 0.0644 e.